The molecule has 0 amide bonds. The molecular weight excluding hydrogens is 496 g/mol. The van der Waals surface area contributed by atoms with Crippen LogP contribution in [0.1, 0.15) is 71.2 Å². The van der Waals surface area contributed by atoms with Crippen molar-refractivity contribution in [2.45, 2.75) is 63.6 Å². The number of hydrogen-bond acceptors (Lipinski definition) is 6. The summed E-state index contributed by atoms with van der Waals surface area (Å²) in [6.07, 6.45) is 6.04. The zero-order valence-electron chi connectivity index (χ0n) is 21.9. The number of hydrogen-bond donors (Lipinski definition) is 0. The van der Waals surface area contributed by atoms with Gasteiger partial charge in [0.2, 0.25) is 11.9 Å². The molecule has 0 radical (unpaired) electrons. The van der Waals surface area contributed by atoms with E-state index in [1.165, 1.54) is 31.0 Å². The Hall–Kier alpha value is -3.52. The Balaban J connectivity index is 1.19. The van der Waals surface area contributed by atoms with Crippen LogP contribution in [0.2, 0.25) is 0 Å². The summed E-state index contributed by atoms with van der Waals surface area (Å²) in [6.45, 7) is 4.99. The van der Waals surface area contributed by atoms with Crippen LogP contribution in [0.3, 0.4) is 0 Å². The van der Waals surface area contributed by atoms with Gasteiger partial charge in [0, 0.05) is 29.4 Å². The smallest absolute Gasteiger partial charge is 0.231 e. The summed E-state index contributed by atoms with van der Waals surface area (Å²) in [5.74, 6) is 3.38. The fraction of sp³-hybridized carbons (Fsp3) is 0.367. The quantitative estimate of drug-likeness (QED) is 0.192. The zero-order valence-corrected chi connectivity index (χ0v) is 22.7. The van der Waals surface area contributed by atoms with Crippen LogP contribution in [0.25, 0.3) is 5.69 Å². The number of rotatable bonds is 8. The molecular formula is C30H32N4O3S. The Labute approximate surface area is 227 Å². The average Bonchev–Trinajstić information content (AvgIpc) is 3.67. The van der Waals surface area contributed by atoms with E-state index >= 15 is 0 Å². The lowest BCUT2D eigenvalue weighted by molar-refractivity contribution is 0.102. The van der Waals surface area contributed by atoms with Crippen LogP contribution in [0.5, 0.6) is 11.5 Å². The van der Waals surface area contributed by atoms with Crippen LogP contribution in [0, 0.1) is 13.8 Å². The molecule has 8 heteroatoms. The molecule has 1 aliphatic carbocycles. The number of carbonyl (C=O) groups is 1. The number of Topliss-reactive ketones (excluding diaryl/α,β-unsaturated/α-hetero) is 1. The number of fused-ring (bicyclic) bond motifs is 1. The highest BCUT2D eigenvalue weighted by atomic mass is 32.2. The molecule has 7 nitrogen and oxygen atoms in total. The predicted octanol–water partition coefficient (Wildman–Crippen LogP) is 6.49. The van der Waals surface area contributed by atoms with Gasteiger partial charge in [-0.2, -0.15) is 0 Å². The van der Waals surface area contributed by atoms with Crippen molar-refractivity contribution in [2.24, 2.45) is 0 Å². The van der Waals surface area contributed by atoms with E-state index in [1.54, 1.807) is 0 Å². The largest absolute Gasteiger partial charge is 0.454 e. The second-order valence-corrected chi connectivity index (χ2v) is 11.0. The van der Waals surface area contributed by atoms with E-state index in [-0.39, 0.29) is 12.6 Å². The topological polar surface area (TPSA) is 71.2 Å². The normalized spacial score (nSPS) is 15.2. The van der Waals surface area contributed by atoms with Crippen LogP contribution in [-0.2, 0) is 6.54 Å². The monoisotopic (exact) mass is 528 g/mol. The Morgan fingerprint density at radius 1 is 1.00 bits per heavy atom. The third-order valence-electron chi connectivity index (χ3n) is 7.57. The molecule has 0 N–H and O–H groups in total. The highest BCUT2D eigenvalue weighted by molar-refractivity contribution is 7.99. The molecule has 2 aromatic carbocycles. The summed E-state index contributed by atoms with van der Waals surface area (Å²) in [5, 5.41) is 5.50. The van der Waals surface area contributed by atoms with Gasteiger partial charge in [0.15, 0.2) is 17.3 Å². The van der Waals surface area contributed by atoms with Crippen LogP contribution in [0.4, 0.5) is 0 Å². The Morgan fingerprint density at radius 3 is 2.61 bits per heavy atom. The van der Waals surface area contributed by atoms with Crippen LogP contribution in [0.15, 0.2) is 59.8 Å². The van der Waals surface area contributed by atoms with Gasteiger partial charge >= 0.3 is 0 Å². The van der Waals surface area contributed by atoms with E-state index in [2.05, 4.69) is 16.7 Å². The van der Waals surface area contributed by atoms with Gasteiger partial charge in [-0.15, -0.1) is 5.10 Å². The maximum atomic E-state index is 13.3. The van der Waals surface area contributed by atoms with E-state index in [1.807, 2.05) is 61.0 Å². The van der Waals surface area contributed by atoms with Gasteiger partial charge in [0.25, 0.3) is 0 Å². The van der Waals surface area contributed by atoms with E-state index in [0.29, 0.717) is 23.4 Å². The zero-order chi connectivity index (χ0) is 26.1. The van der Waals surface area contributed by atoms with E-state index in [4.69, 9.17) is 19.6 Å². The van der Waals surface area contributed by atoms with Crippen molar-refractivity contribution in [2.75, 3.05) is 12.5 Å². The minimum atomic E-state index is 0.0929. The summed E-state index contributed by atoms with van der Waals surface area (Å²) >= 11 is 1.43. The fourth-order valence-corrected chi connectivity index (χ4v) is 6.22. The van der Waals surface area contributed by atoms with E-state index in [9.17, 15) is 4.79 Å². The molecule has 196 valence electrons. The van der Waals surface area contributed by atoms with Crippen molar-refractivity contribution in [1.29, 1.82) is 0 Å². The Kier molecular flexibility index (Phi) is 6.98. The number of ketones is 1. The molecule has 0 bridgehead atoms. The molecule has 6 rings (SSSR count). The molecule has 2 aliphatic rings. The predicted molar refractivity (Wildman–Crippen MR) is 148 cm³/mol. The van der Waals surface area contributed by atoms with Gasteiger partial charge in [0.05, 0.1) is 11.4 Å². The lowest BCUT2D eigenvalue weighted by atomic mass is 9.88. The molecule has 4 aromatic rings. The lowest BCUT2D eigenvalue weighted by Crippen LogP contribution is -2.12. The highest BCUT2D eigenvalue weighted by Crippen LogP contribution is 2.35. The molecule has 0 spiro atoms. The number of nitrogens with zero attached hydrogens (tertiary/aromatic N) is 4. The number of carbonyl (C=O) groups excluding carboxylic acids is 1. The molecule has 0 saturated heterocycles. The molecule has 1 saturated carbocycles. The van der Waals surface area contributed by atoms with Crippen molar-refractivity contribution in [3.8, 4) is 17.2 Å². The maximum Gasteiger partial charge on any atom is 0.231 e. The van der Waals surface area contributed by atoms with Gasteiger partial charge < -0.3 is 14.0 Å². The molecule has 1 aliphatic heterocycles. The summed E-state index contributed by atoms with van der Waals surface area (Å²) in [7, 11) is 0. The first-order valence-corrected chi connectivity index (χ1v) is 14.3. The molecule has 0 atom stereocenters. The number of aryl methyl sites for hydroxylation is 1. The van der Waals surface area contributed by atoms with Crippen molar-refractivity contribution < 1.29 is 14.3 Å². The fourth-order valence-electron chi connectivity index (χ4n) is 5.51. The number of para-hydroxylation sites is 1. The van der Waals surface area contributed by atoms with Crippen LogP contribution >= 0.6 is 11.8 Å². The van der Waals surface area contributed by atoms with Gasteiger partial charge in [-0.05, 0) is 62.6 Å². The molecule has 0 unspecified atom stereocenters. The number of aromatic nitrogens is 4. The van der Waals surface area contributed by atoms with Crippen molar-refractivity contribution in [3.05, 3.63) is 82.9 Å². The molecule has 3 heterocycles. The molecule has 38 heavy (non-hydrogen) atoms. The molecule has 1 fully saturated rings. The highest BCUT2D eigenvalue weighted by Gasteiger charge is 2.24. The first-order chi connectivity index (χ1) is 18.6. The number of ether oxygens (including phenoxy) is 2. The molecule has 2 aromatic heterocycles. The number of benzene rings is 2. The minimum Gasteiger partial charge on any atom is -0.454 e. The Bertz CT molecular complexity index is 1450. The lowest BCUT2D eigenvalue weighted by Gasteiger charge is -2.21. The summed E-state index contributed by atoms with van der Waals surface area (Å²) in [5.41, 5.74) is 4.91. The van der Waals surface area contributed by atoms with Gasteiger partial charge in [-0.25, -0.2) is 9.67 Å². The van der Waals surface area contributed by atoms with E-state index in [0.717, 1.165) is 58.4 Å². The summed E-state index contributed by atoms with van der Waals surface area (Å²) in [6, 6.07) is 18.2. The first-order valence-electron chi connectivity index (χ1n) is 13.3. The SMILES string of the molecule is Cc1cc(C(=O)CSc2nc(C3CCCCC3)n(-c3ccccc3)n2)c(C)n1Cc1ccc2c(c1)OCO2. The Morgan fingerprint density at radius 2 is 1.79 bits per heavy atom. The van der Waals surface area contributed by atoms with Gasteiger partial charge in [-0.3, -0.25) is 4.79 Å². The van der Waals surface area contributed by atoms with Crippen LogP contribution in [-0.4, -0.2) is 37.7 Å². The summed E-state index contributed by atoms with van der Waals surface area (Å²) < 4.78 is 15.1. The van der Waals surface area contributed by atoms with Crippen molar-refractivity contribution in [3.63, 3.8) is 0 Å². The third-order valence-corrected chi connectivity index (χ3v) is 8.41. The first kappa shape index (κ1) is 24.8. The third kappa shape index (κ3) is 4.97. The average molecular weight is 529 g/mol. The van der Waals surface area contributed by atoms with Gasteiger partial charge in [-0.1, -0.05) is 55.3 Å². The number of thioether (sulfide) groups is 1. The van der Waals surface area contributed by atoms with Gasteiger partial charge in [0.1, 0.15) is 5.82 Å². The van der Waals surface area contributed by atoms with Crippen molar-refractivity contribution in [1.82, 2.24) is 19.3 Å². The summed E-state index contributed by atoms with van der Waals surface area (Å²) in [4.78, 5) is 18.3. The maximum absolute atomic E-state index is 13.3. The van der Waals surface area contributed by atoms with Crippen LogP contribution < -0.4 is 9.47 Å². The van der Waals surface area contributed by atoms with Crippen molar-refractivity contribution >= 4 is 17.5 Å². The second kappa shape index (κ2) is 10.7. The van der Waals surface area contributed by atoms with E-state index < -0.39 is 0 Å². The second-order valence-electron chi connectivity index (χ2n) is 10.1. The minimum absolute atomic E-state index is 0.0929. The standard InChI is InChI=1S/C30H32N4O3S/c1-20-15-25(21(2)33(20)17-22-13-14-27-28(16-22)37-19-36-27)26(35)18-38-30-31-29(23-9-5-3-6-10-23)34(32-30)24-11-7-4-8-12-24/h4,7-8,11-16,23H,3,5-6,9-10,17-19H2,1-2H3.